The van der Waals surface area contributed by atoms with E-state index in [0.717, 1.165) is 44.2 Å². The smallest absolute Gasteiger partial charge is 0.416 e. The molecule has 1 aliphatic heterocycles. The SMILES string of the molecule is CCCN(C(=O)OC(C)(C)C)c1ncccc1[C@H]1CCCCN1C=O. The zero-order chi connectivity index (χ0) is 18.4. The second-order valence-corrected chi connectivity index (χ2v) is 7.40. The average molecular weight is 347 g/mol. The average Bonchev–Trinajstić information content (AvgIpc) is 2.58. The Balaban J connectivity index is 2.38. The predicted octanol–water partition coefficient (Wildman–Crippen LogP) is 3.92. The molecule has 138 valence electrons. The number of carbonyl (C=O) groups excluding carboxylic acids is 2. The molecule has 0 radical (unpaired) electrons. The first-order chi connectivity index (χ1) is 11.9. The lowest BCUT2D eigenvalue weighted by Crippen LogP contribution is -2.40. The van der Waals surface area contributed by atoms with Crippen LogP contribution in [0.1, 0.15) is 65.0 Å². The van der Waals surface area contributed by atoms with Gasteiger partial charge in [-0.05, 0) is 52.5 Å². The summed E-state index contributed by atoms with van der Waals surface area (Å²) < 4.78 is 5.57. The summed E-state index contributed by atoms with van der Waals surface area (Å²) in [6.45, 7) is 8.82. The van der Waals surface area contributed by atoms with Gasteiger partial charge in [-0.1, -0.05) is 13.0 Å². The Hall–Kier alpha value is -2.11. The molecular formula is C19H29N3O3. The third kappa shape index (κ3) is 4.94. The molecule has 0 aromatic carbocycles. The number of likely N-dealkylation sites (tertiary alicyclic amines) is 1. The molecule has 1 aromatic rings. The summed E-state index contributed by atoms with van der Waals surface area (Å²) in [7, 11) is 0. The molecule has 2 amide bonds. The molecule has 6 nitrogen and oxygen atoms in total. The fraction of sp³-hybridized carbons (Fsp3) is 0.632. The van der Waals surface area contributed by atoms with Gasteiger partial charge in [0.2, 0.25) is 6.41 Å². The van der Waals surface area contributed by atoms with Crippen LogP contribution < -0.4 is 4.90 Å². The third-order valence-electron chi connectivity index (χ3n) is 4.17. The second kappa shape index (κ2) is 8.32. The van der Waals surface area contributed by atoms with E-state index in [4.69, 9.17) is 4.74 Å². The van der Waals surface area contributed by atoms with Gasteiger partial charge in [-0.2, -0.15) is 0 Å². The quantitative estimate of drug-likeness (QED) is 0.758. The van der Waals surface area contributed by atoms with E-state index < -0.39 is 11.7 Å². The van der Waals surface area contributed by atoms with E-state index in [1.165, 1.54) is 0 Å². The minimum Gasteiger partial charge on any atom is -0.443 e. The van der Waals surface area contributed by atoms with Gasteiger partial charge >= 0.3 is 6.09 Å². The number of amides is 2. The molecule has 2 heterocycles. The highest BCUT2D eigenvalue weighted by Crippen LogP contribution is 2.35. The lowest BCUT2D eigenvalue weighted by molar-refractivity contribution is -0.121. The van der Waals surface area contributed by atoms with Gasteiger partial charge in [0.15, 0.2) is 0 Å². The fourth-order valence-electron chi connectivity index (χ4n) is 3.13. The van der Waals surface area contributed by atoms with E-state index in [-0.39, 0.29) is 6.04 Å². The van der Waals surface area contributed by atoms with Crippen molar-refractivity contribution >= 4 is 18.3 Å². The van der Waals surface area contributed by atoms with Gasteiger partial charge in [0.25, 0.3) is 0 Å². The highest BCUT2D eigenvalue weighted by Gasteiger charge is 2.30. The largest absolute Gasteiger partial charge is 0.443 e. The summed E-state index contributed by atoms with van der Waals surface area (Å²) in [5.41, 5.74) is 0.339. The van der Waals surface area contributed by atoms with Crippen LogP contribution in [-0.4, -0.2) is 41.1 Å². The highest BCUT2D eigenvalue weighted by molar-refractivity contribution is 5.87. The molecule has 6 heteroatoms. The van der Waals surface area contributed by atoms with E-state index in [2.05, 4.69) is 4.98 Å². The van der Waals surface area contributed by atoms with Crippen molar-refractivity contribution in [2.45, 2.75) is 65.0 Å². The van der Waals surface area contributed by atoms with Gasteiger partial charge in [-0.15, -0.1) is 0 Å². The summed E-state index contributed by atoms with van der Waals surface area (Å²) in [6.07, 6.45) is 5.92. The van der Waals surface area contributed by atoms with Gasteiger partial charge in [-0.3, -0.25) is 9.69 Å². The maximum Gasteiger partial charge on any atom is 0.416 e. The Kier molecular flexibility index (Phi) is 6.39. The first-order valence-electron chi connectivity index (χ1n) is 9.04. The summed E-state index contributed by atoms with van der Waals surface area (Å²) >= 11 is 0. The van der Waals surface area contributed by atoms with Gasteiger partial charge in [-0.25, -0.2) is 9.78 Å². The zero-order valence-corrected chi connectivity index (χ0v) is 15.7. The summed E-state index contributed by atoms with van der Waals surface area (Å²) in [5, 5.41) is 0. The van der Waals surface area contributed by atoms with Crippen LogP contribution in [0.2, 0.25) is 0 Å². The molecule has 1 aliphatic rings. The minimum atomic E-state index is -0.572. The molecule has 0 unspecified atom stereocenters. The summed E-state index contributed by atoms with van der Waals surface area (Å²) in [6, 6.07) is 3.77. The Morgan fingerprint density at radius 2 is 2.20 bits per heavy atom. The molecule has 0 spiro atoms. The van der Waals surface area contributed by atoms with Crippen LogP contribution in [0.3, 0.4) is 0 Å². The van der Waals surface area contributed by atoms with Crippen LogP contribution in [0, 0.1) is 0 Å². The van der Waals surface area contributed by atoms with E-state index in [1.807, 2.05) is 44.7 Å². The van der Waals surface area contributed by atoms with Crippen LogP contribution in [0.5, 0.6) is 0 Å². The molecule has 0 saturated carbocycles. The maximum atomic E-state index is 12.7. The topological polar surface area (TPSA) is 62.7 Å². The lowest BCUT2D eigenvalue weighted by Gasteiger charge is -2.35. The van der Waals surface area contributed by atoms with Crippen LogP contribution in [0.4, 0.5) is 10.6 Å². The van der Waals surface area contributed by atoms with Gasteiger partial charge in [0.1, 0.15) is 11.4 Å². The molecule has 2 rings (SSSR count). The van der Waals surface area contributed by atoms with Crippen molar-refractivity contribution in [3.8, 4) is 0 Å². The number of carbonyl (C=O) groups is 2. The third-order valence-corrected chi connectivity index (χ3v) is 4.17. The second-order valence-electron chi connectivity index (χ2n) is 7.40. The molecule has 25 heavy (non-hydrogen) atoms. The van der Waals surface area contributed by atoms with Crippen LogP contribution >= 0.6 is 0 Å². The van der Waals surface area contributed by atoms with Crippen molar-refractivity contribution in [3.05, 3.63) is 23.9 Å². The number of ether oxygens (including phenoxy) is 1. The molecular weight excluding hydrogens is 318 g/mol. The van der Waals surface area contributed by atoms with Crippen molar-refractivity contribution in [2.24, 2.45) is 0 Å². The molecule has 0 N–H and O–H groups in total. The summed E-state index contributed by atoms with van der Waals surface area (Å²) in [4.78, 5) is 32.1. The number of rotatable bonds is 5. The van der Waals surface area contributed by atoms with Gasteiger partial charge < -0.3 is 9.64 Å². The van der Waals surface area contributed by atoms with E-state index in [0.29, 0.717) is 12.4 Å². The van der Waals surface area contributed by atoms with E-state index in [1.54, 1.807) is 11.1 Å². The van der Waals surface area contributed by atoms with Crippen LogP contribution in [0.15, 0.2) is 18.3 Å². The number of aromatic nitrogens is 1. The molecule has 1 saturated heterocycles. The first kappa shape index (κ1) is 19.2. The van der Waals surface area contributed by atoms with Gasteiger partial charge in [0, 0.05) is 24.8 Å². The Bertz CT molecular complexity index is 598. The zero-order valence-electron chi connectivity index (χ0n) is 15.7. The van der Waals surface area contributed by atoms with E-state index in [9.17, 15) is 9.59 Å². The standard InChI is InChI=1S/C19H29N3O3/c1-5-12-22(18(24)25-19(2,3)4)17-15(9-8-11-20-17)16-10-6-7-13-21(16)14-23/h8-9,11,14,16H,5-7,10,12-13H2,1-4H3/t16-/m1/s1. The number of nitrogens with zero attached hydrogens (tertiary/aromatic N) is 3. The monoisotopic (exact) mass is 347 g/mol. The predicted molar refractivity (Wildman–Crippen MR) is 97.5 cm³/mol. The number of hydrogen-bond acceptors (Lipinski definition) is 4. The molecule has 1 fully saturated rings. The highest BCUT2D eigenvalue weighted by atomic mass is 16.6. The number of hydrogen-bond donors (Lipinski definition) is 0. The van der Waals surface area contributed by atoms with Crippen molar-refractivity contribution in [3.63, 3.8) is 0 Å². The normalized spacial score (nSPS) is 17.9. The number of pyridine rings is 1. The van der Waals surface area contributed by atoms with Crippen molar-refractivity contribution < 1.29 is 14.3 Å². The first-order valence-corrected chi connectivity index (χ1v) is 9.04. The Morgan fingerprint density at radius 3 is 2.84 bits per heavy atom. The fourth-order valence-corrected chi connectivity index (χ4v) is 3.13. The number of piperidine rings is 1. The number of anilines is 1. The molecule has 1 aromatic heterocycles. The Morgan fingerprint density at radius 1 is 1.44 bits per heavy atom. The van der Waals surface area contributed by atoms with Crippen LogP contribution in [-0.2, 0) is 9.53 Å². The van der Waals surface area contributed by atoms with E-state index >= 15 is 0 Å². The van der Waals surface area contributed by atoms with Crippen LogP contribution in [0.25, 0.3) is 0 Å². The molecule has 1 atom stereocenters. The van der Waals surface area contributed by atoms with Crippen molar-refractivity contribution in [1.82, 2.24) is 9.88 Å². The lowest BCUT2D eigenvalue weighted by atomic mass is 9.96. The molecule has 0 aliphatic carbocycles. The van der Waals surface area contributed by atoms with Crippen molar-refractivity contribution in [1.29, 1.82) is 0 Å². The summed E-state index contributed by atoms with van der Waals surface area (Å²) in [5.74, 6) is 0.595. The van der Waals surface area contributed by atoms with Gasteiger partial charge in [0.05, 0.1) is 6.04 Å². The van der Waals surface area contributed by atoms with Crippen molar-refractivity contribution in [2.75, 3.05) is 18.0 Å². The molecule has 0 bridgehead atoms. The maximum absolute atomic E-state index is 12.7. The Labute approximate surface area is 150 Å². The minimum absolute atomic E-state index is 0.0447.